The summed E-state index contributed by atoms with van der Waals surface area (Å²) in [5.41, 5.74) is 6.83. The highest BCUT2D eigenvalue weighted by Crippen LogP contribution is 2.43. The Hall–Kier alpha value is -3.23. The molecule has 1 aliphatic carbocycles. The van der Waals surface area contributed by atoms with Crippen LogP contribution in [-0.2, 0) is 18.3 Å². The third kappa shape index (κ3) is 3.31. The average Bonchev–Trinajstić information content (AvgIpc) is 3.23. The number of hydrogen-bond acceptors (Lipinski definition) is 2. The lowest BCUT2D eigenvalue weighted by molar-refractivity contribution is 0.596. The summed E-state index contributed by atoms with van der Waals surface area (Å²) in [5, 5.41) is 7.98. The van der Waals surface area contributed by atoms with Crippen molar-refractivity contribution in [3.8, 4) is 11.3 Å². The third-order valence-corrected chi connectivity index (χ3v) is 8.99. The van der Waals surface area contributed by atoms with Crippen molar-refractivity contribution in [2.75, 3.05) is 0 Å². The van der Waals surface area contributed by atoms with Gasteiger partial charge in [0.2, 0.25) is 0 Å². The molecule has 0 fully saturated rings. The van der Waals surface area contributed by atoms with Crippen molar-refractivity contribution < 1.29 is 0 Å². The number of hydrogen-bond donors (Lipinski definition) is 0. The maximum atomic E-state index is 4.94. The topological polar surface area (TPSA) is 12.9 Å². The van der Waals surface area contributed by atoms with Crippen LogP contribution in [0.5, 0.6) is 0 Å². The number of thiophene rings is 1. The van der Waals surface area contributed by atoms with Crippen LogP contribution in [0.2, 0.25) is 0 Å². The zero-order valence-corrected chi connectivity index (χ0v) is 21.4. The van der Waals surface area contributed by atoms with Gasteiger partial charge in [0.05, 0.1) is 5.69 Å². The number of aromatic nitrogens is 1. The molecule has 0 amide bonds. The van der Waals surface area contributed by atoms with Gasteiger partial charge in [-0.25, -0.2) is 0 Å². The van der Waals surface area contributed by atoms with E-state index >= 15 is 0 Å². The molecule has 0 N–H and O–H groups in total. The van der Waals surface area contributed by atoms with E-state index in [4.69, 9.17) is 4.98 Å². The molecule has 6 aromatic rings. The highest BCUT2D eigenvalue weighted by atomic mass is 32.1. The molecule has 172 valence electrons. The van der Waals surface area contributed by atoms with E-state index in [9.17, 15) is 0 Å². The van der Waals surface area contributed by atoms with E-state index < -0.39 is 0 Å². The van der Waals surface area contributed by atoms with Gasteiger partial charge in [-0.3, -0.25) is 4.98 Å². The van der Waals surface area contributed by atoms with Crippen molar-refractivity contribution in [3.05, 3.63) is 89.6 Å². The van der Waals surface area contributed by atoms with E-state index in [0.29, 0.717) is 0 Å². The van der Waals surface area contributed by atoms with Crippen LogP contribution in [0.4, 0.5) is 0 Å². The third-order valence-electron chi connectivity index (χ3n) is 7.79. The van der Waals surface area contributed by atoms with Crippen LogP contribution in [0.1, 0.15) is 50.3 Å². The standard InChI is InChI=1S/C33H29NS/c1-33(2,3)29-18-23(16-22-10-6-7-11-24(22)29)31-25-12-13-26-28-17-20-8-4-5-9-21(20)19-30(28)35-32(26)27(25)14-15-34-31/h6-7,10-19H,4-5,8-9H2,1-3H3. The molecule has 0 radical (unpaired) electrons. The second-order valence-corrected chi connectivity index (χ2v) is 12.2. The van der Waals surface area contributed by atoms with Crippen LogP contribution in [0.3, 0.4) is 0 Å². The van der Waals surface area contributed by atoms with Crippen LogP contribution in [-0.4, -0.2) is 4.98 Å². The van der Waals surface area contributed by atoms with E-state index in [2.05, 4.69) is 87.5 Å². The van der Waals surface area contributed by atoms with Gasteiger partial charge < -0.3 is 0 Å². The van der Waals surface area contributed by atoms with Gasteiger partial charge in [0.1, 0.15) is 0 Å². The first-order chi connectivity index (χ1) is 17.0. The minimum atomic E-state index is 0.0536. The Morgan fingerprint density at radius 1 is 0.714 bits per heavy atom. The smallest absolute Gasteiger partial charge is 0.0781 e. The molecular formula is C33H29NS. The number of benzene rings is 4. The Labute approximate surface area is 210 Å². The lowest BCUT2D eigenvalue weighted by Gasteiger charge is -2.23. The van der Waals surface area contributed by atoms with Gasteiger partial charge in [0.25, 0.3) is 0 Å². The Balaban J connectivity index is 1.50. The zero-order chi connectivity index (χ0) is 23.7. The highest BCUT2D eigenvalue weighted by molar-refractivity contribution is 7.26. The largest absolute Gasteiger partial charge is 0.256 e. The molecule has 0 bridgehead atoms. The molecule has 0 aliphatic heterocycles. The normalized spacial score (nSPS) is 14.3. The summed E-state index contributed by atoms with van der Waals surface area (Å²) >= 11 is 1.95. The fourth-order valence-electron chi connectivity index (χ4n) is 6.02. The first kappa shape index (κ1) is 21.1. The average molecular weight is 472 g/mol. The summed E-state index contributed by atoms with van der Waals surface area (Å²) in [7, 11) is 0. The van der Waals surface area contributed by atoms with Gasteiger partial charge in [0, 0.05) is 42.7 Å². The SMILES string of the molecule is CC(C)(C)c1cc(-c2nccc3c2ccc2c4cc5c(cc4sc32)CCCC5)cc2ccccc12. The number of fused-ring (bicyclic) bond motifs is 7. The molecule has 4 aromatic carbocycles. The van der Waals surface area contributed by atoms with Gasteiger partial charge in [-0.05, 0) is 88.9 Å². The monoisotopic (exact) mass is 471 g/mol. The summed E-state index contributed by atoms with van der Waals surface area (Å²) in [5.74, 6) is 0. The van der Waals surface area contributed by atoms with E-state index in [1.54, 1.807) is 11.1 Å². The first-order valence-corrected chi connectivity index (χ1v) is 13.6. The number of aryl methyl sites for hydroxylation is 2. The van der Waals surface area contributed by atoms with E-state index in [1.165, 1.54) is 78.5 Å². The zero-order valence-electron chi connectivity index (χ0n) is 20.6. The molecular weight excluding hydrogens is 442 g/mol. The number of nitrogens with zero attached hydrogens (tertiary/aromatic N) is 1. The summed E-state index contributed by atoms with van der Waals surface area (Å²) in [6, 6.07) is 25.2. The number of pyridine rings is 1. The molecule has 35 heavy (non-hydrogen) atoms. The summed E-state index contributed by atoms with van der Waals surface area (Å²) in [6.07, 6.45) is 7.09. The Kier molecular flexibility index (Phi) is 4.60. The number of rotatable bonds is 1. The van der Waals surface area contributed by atoms with Crippen molar-refractivity contribution in [3.63, 3.8) is 0 Å². The highest BCUT2D eigenvalue weighted by Gasteiger charge is 2.20. The molecule has 2 aromatic heterocycles. The maximum Gasteiger partial charge on any atom is 0.0781 e. The lowest BCUT2D eigenvalue weighted by atomic mass is 9.82. The van der Waals surface area contributed by atoms with Gasteiger partial charge in [-0.15, -0.1) is 11.3 Å². The summed E-state index contributed by atoms with van der Waals surface area (Å²) < 4.78 is 2.81. The summed E-state index contributed by atoms with van der Waals surface area (Å²) in [4.78, 5) is 4.94. The Morgan fingerprint density at radius 2 is 1.46 bits per heavy atom. The maximum absolute atomic E-state index is 4.94. The molecule has 1 aliphatic rings. The predicted octanol–water partition coefficient (Wildman–Crippen LogP) is 9.60. The fourth-order valence-corrected chi connectivity index (χ4v) is 7.29. The van der Waals surface area contributed by atoms with Crippen molar-refractivity contribution in [2.45, 2.75) is 51.9 Å². The Morgan fingerprint density at radius 3 is 2.29 bits per heavy atom. The second-order valence-electron chi connectivity index (χ2n) is 11.1. The van der Waals surface area contributed by atoms with Crippen molar-refractivity contribution in [2.24, 2.45) is 0 Å². The molecule has 2 heterocycles. The Bertz CT molecular complexity index is 1780. The van der Waals surface area contributed by atoms with E-state index in [1.807, 2.05) is 17.5 Å². The molecule has 0 saturated carbocycles. The molecule has 0 atom stereocenters. The molecule has 0 spiro atoms. The van der Waals surface area contributed by atoms with Crippen LogP contribution < -0.4 is 0 Å². The molecule has 0 saturated heterocycles. The summed E-state index contributed by atoms with van der Waals surface area (Å²) in [6.45, 7) is 6.90. The van der Waals surface area contributed by atoms with Gasteiger partial charge in [-0.2, -0.15) is 0 Å². The first-order valence-electron chi connectivity index (χ1n) is 12.8. The van der Waals surface area contributed by atoms with Crippen LogP contribution in [0.15, 0.2) is 72.9 Å². The molecule has 1 nitrogen and oxygen atoms in total. The molecule has 7 rings (SSSR count). The lowest BCUT2D eigenvalue weighted by Crippen LogP contribution is -2.12. The van der Waals surface area contributed by atoms with Crippen LogP contribution in [0.25, 0.3) is 53.0 Å². The van der Waals surface area contributed by atoms with Gasteiger partial charge in [0.15, 0.2) is 0 Å². The van der Waals surface area contributed by atoms with Crippen LogP contribution >= 0.6 is 11.3 Å². The quantitative estimate of drug-likeness (QED) is 0.233. The minimum Gasteiger partial charge on any atom is -0.256 e. The fraction of sp³-hybridized carbons (Fsp3) is 0.242. The van der Waals surface area contributed by atoms with Crippen molar-refractivity contribution in [1.82, 2.24) is 4.98 Å². The van der Waals surface area contributed by atoms with E-state index in [0.717, 1.165) is 5.69 Å². The van der Waals surface area contributed by atoms with Crippen LogP contribution in [0, 0.1) is 0 Å². The van der Waals surface area contributed by atoms with Crippen molar-refractivity contribution >= 4 is 53.1 Å². The second kappa shape index (κ2) is 7.63. The predicted molar refractivity (Wildman–Crippen MR) is 153 cm³/mol. The molecule has 2 heteroatoms. The van der Waals surface area contributed by atoms with E-state index in [-0.39, 0.29) is 5.41 Å². The van der Waals surface area contributed by atoms with Gasteiger partial charge in [-0.1, -0.05) is 57.2 Å². The minimum absolute atomic E-state index is 0.0536. The molecule has 0 unspecified atom stereocenters. The van der Waals surface area contributed by atoms with Crippen molar-refractivity contribution in [1.29, 1.82) is 0 Å². The van der Waals surface area contributed by atoms with Gasteiger partial charge >= 0.3 is 0 Å².